The number of halogens is 3. The Morgan fingerprint density at radius 2 is 1.91 bits per heavy atom. The van der Waals surface area contributed by atoms with E-state index in [0.717, 1.165) is 9.96 Å². The van der Waals surface area contributed by atoms with Crippen molar-refractivity contribution in [2.45, 2.75) is 13.1 Å². The lowest BCUT2D eigenvalue weighted by Gasteiger charge is -2.06. The molecule has 118 valence electrons. The van der Waals surface area contributed by atoms with E-state index in [2.05, 4.69) is 4.98 Å². The minimum absolute atomic E-state index is 0.0569. The van der Waals surface area contributed by atoms with Crippen molar-refractivity contribution < 1.29 is 27.5 Å². The summed E-state index contributed by atoms with van der Waals surface area (Å²) in [6.45, 7) is 1.58. The number of nitrogens with zero attached hydrogens (tertiary/aromatic N) is 2. The van der Waals surface area contributed by atoms with Gasteiger partial charge in [0.1, 0.15) is 10.6 Å². The zero-order chi connectivity index (χ0) is 16.8. The molecular formula is C15H9F3N2O2S. The van der Waals surface area contributed by atoms with Gasteiger partial charge in [-0.15, -0.1) is 0 Å². The van der Waals surface area contributed by atoms with Gasteiger partial charge in [-0.05, 0) is 23.2 Å². The molecule has 0 aliphatic heterocycles. The van der Waals surface area contributed by atoms with Crippen molar-refractivity contribution in [2.75, 3.05) is 0 Å². The van der Waals surface area contributed by atoms with E-state index in [1.165, 1.54) is 0 Å². The first-order chi connectivity index (χ1) is 10.8. The topological polar surface area (TPSA) is 57.1 Å². The van der Waals surface area contributed by atoms with E-state index >= 15 is 0 Å². The van der Waals surface area contributed by atoms with Crippen molar-refractivity contribution >= 4 is 22.1 Å². The van der Waals surface area contributed by atoms with Crippen molar-refractivity contribution in [3.05, 3.63) is 47.0 Å². The van der Waals surface area contributed by atoms with E-state index in [4.69, 9.17) is 0 Å². The molecule has 23 heavy (non-hydrogen) atoms. The average Bonchev–Trinajstić information content (AvgIpc) is 2.83. The highest BCUT2D eigenvalue weighted by Gasteiger charge is 2.42. The van der Waals surface area contributed by atoms with Gasteiger partial charge < -0.3 is 5.11 Å². The SMILES string of the molecule is Cc1cc(-c2ccccc2)nc2sc(C(=O)C(F)(F)F)c([O-])[n+]12. The normalized spacial score (nSPS) is 11.8. The number of aromatic nitrogens is 2. The summed E-state index contributed by atoms with van der Waals surface area (Å²) >= 11 is 0.452. The van der Waals surface area contributed by atoms with Gasteiger partial charge in [0.25, 0.3) is 5.78 Å². The second kappa shape index (κ2) is 5.31. The number of thiazole rings is 1. The fourth-order valence-electron chi connectivity index (χ4n) is 2.18. The summed E-state index contributed by atoms with van der Waals surface area (Å²) in [5.74, 6) is -3.13. The highest BCUT2D eigenvalue weighted by molar-refractivity contribution is 7.18. The molecule has 3 rings (SSSR count). The number of carbonyl (C=O) groups is 1. The molecule has 0 saturated carbocycles. The molecule has 0 fully saturated rings. The molecule has 0 aliphatic rings. The Bertz CT molecular complexity index is 904. The smallest absolute Gasteiger partial charge is 0.455 e. The molecule has 2 aromatic heterocycles. The number of hydrogen-bond acceptors (Lipinski definition) is 4. The fraction of sp³-hybridized carbons (Fsp3) is 0.133. The molecule has 3 aromatic rings. The second-order valence-corrected chi connectivity index (χ2v) is 5.81. The Hall–Kier alpha value is -2.48. The van der Waals surface area contributed by atoms with Gasteiger partial charge in [-0.25, -0.2) is 0 Å². The van der Waals surface area contributed by atoms with Crippen LogP contribution in [-0.4, -0.2) is 16.9 Å². The first-order valence-corrected chi connectivity index (χ1v) is 7.31. The highest BCUT2D eigenvalue weighted by Crippen LogP contribution is 2.30. The van der Waals surface area contributed by atoms with Crippen molar-refractivity contribution in [2.24, 2.45) is 0 Å². The molecule has 0 saturated heterocycles. The summed E-state index contributed by atoms with van der Waals surface area (Å²) in [5.41, 5.74) is 1.70. The summed E-state index contributed by atoms with van der Waals surface area (Å²) in [4.78, 5) is 14.8. The minimum Gasteiger partial charge on any atom is -0.841 e. The van der Waals surface area contributed by atoms with Gasteiger partial charge in [-0.3, -0.25) is 4.79 Å². The summed E-state index contributed by atoms with van der Waals surface area (Å²) in [6, 6.07) is 10.6. The van der Waals surface area contributed by atoms with E-state index in [1.807, 2.05) is 6.07 Å². The number of ketones is 1. The lowest BCUT2D eigenvalue weighted by Crippen LogP contribution is -2.31. The molecule has 8 heteroatoms. The van der Waals surface area contributed by atoms with Crippen LogP contribution >= 0.6 is 11.3 Å². The number of Topliss-reactive ketones (excluding diaryl/α,β-unsaturated/α-hetero) is 1. The van der Waals surface area contributed by atoms with E-state index in [0.29, 0.717) is 22.7 Å². The first-order valence-electron chi connectivity index (χ1n) is 6.49. The zero-order valence-corrected chi connectivity index (χ0v) is 12.5. The molecule has 0 bridgehead atoms. The molecule has 0 unspecified atom stereocenters. The minimum atomic E-state index is -5.09. The Morgan fingerprint density at radius 3 is 2.52 bits per heavy atom. The van der Waals surface area contributed by atoms with E-state index in [-0.39, 0.29) is 4.96 Å². The van der Waals surface area contributed by atoms with E-state index < -0.39 is 22.7 Å². The van der Waals surface area contributed by atoms with Crippen molar-refractivity contribution in [1.82, 2.24) is 4.98 Å². The predicted molar refractivity (Wildman–Crippen MR) is 75.3 cm³/mol. The molecule has 0 radical (unpaired) electrons. The molecule has 4 nitrogen and oxygen atoms in total. The maximum absolute atomic E-state index is 12.6. The third-order valence-electron chi connectivity index (χ3n) is 3.23. The summed E-state index contributed by atoms with van der Waals surface area (Å²) in [7, 11) is 0. The van der Waals surface area contributed by atoms with Crippen LogP contribution in [0.2, 0.25) is 0 Å². The van der Waals surface area contributed by atoms with E-state index in [1.54, 1.807) is 37.3 Å². The Kier molecular flexibility index (Phi) is 3.56. The molecule has 0 spiro atoms. The van der Waals surface area contributed by atoms with Crippen LogP contribution in [0.25, 0.3) is 16.2 Å². The number of hydrogen-bond donors (Lipinski definition) is 0. The molecule has 0 N–H and O–H groups in total. The number of carbonyl (C=O) groups excluding carboxylic acids is 1. The first kappa shape index (κ1) is 15.4. The summed E-state index contributed by atoms with van der Waals surface area (Å²) < 4.78 is 38.8. The predicted octanol–water partition coefficient (Wildman–Crippen LogP) is 2.68. The molecule has 0 atom stereocenters. The number of alkyl halides is 3. The van der Waals surface area contributed by atoms with Crippen LogP contribution in [0.3, 0.4) is 0 Å². The number of rotatable bonds is 2. The zero-order valence-electron chi connectivity index (χ0n) is 11.7. The van der Waals surface area contributed by atoms with Gasteiger partial charge in [0.05, 0.1) is 5.88 Å². The molecule has 1 aromatic carbocycles. The monoisotopic (exact) mass is 338 g/mol. The van der Waals surface area contributed by atoms with Gasteiger partial charge in [-0.2, -0.15) is 17.6 Å². The molecule has 2 heterocycles. The number of aryl methyl sites for hydroxylation is 1. The van der Waals surface area contributed by atoms with Crippen molar-refractivity contribution in [3.63, 3.8) is 0 Å². The summed E-state index contributed by atoms with van der Waals surface area (Å²) in [6.07, 6.45) is -5.09. The van der Waals surface area contributed by atoms with Gasteiger partial charge in [0.15, 0.2) is 5.69 Å². The second-order valence-electron chi connectivity index (χ2n) is 4.83. The van der Waals surface area contributed by atoms with Gasteiger partial charge >= 0.3 is 11.1 Å². The largest absolute Gasteiger partial charge is 0.841 e. The van der Waals surface area contributed by atoms with Crippen LogP contribution in [0.15, 0.2) is 36.4 Å². The lowest BCUT2D eigenvalue weighted by atomic mass is 10.1. The van der Waals surface area contributed by atoms with Crippen LogP contribution in [0.1, 0.15) is 15.4 Å². The fourth-order valence-corrected chi connectivity index (χ4v) is 3.21. The van der Waals surface area contributed by atoms with Crippen molar-refractivity contribution in [1.29, 1.82) is 0 Å². The van der Waals surface area contributed by atoms with Gasteiger partial charge in [0.2, 0.25) is 0 Å². The van der Waals surface area contributed by atoms with Crippen molar-refractivity contribution in [3.8, 4) is 17.1 Å². The molecule has 0 amide bonds. The Balaban J connectivity index is 2.21. The third-order valence-corrected chi connectivity index (χ3v) is 4.25. The van der Waals surface area contributed by atoms with Gasteiger partial charge in [-0.1, -0.05) is 30.3 Å². The maximum atomic E-state index is 12.6. The number of fused-ring (bicyclic) bond motifs is 1. The van der Waals surface area contributed by atoms with Crippen LogP contribution in [-0.2, 0) is 0 Å². The van der Waals surface area contributed by atoms with Gasteiger partial charge in [0, 0.05) is 11.6 Å². The third kappa shape index (κ3) is 2.65. The quantitative estimate of drug-likeness (QED) is 0.533. The van der Waals surface area contributed by atoms with Crippen LogP contribution < -0.4 is 9.51 Å². The van der Waals surface area contributed by atoms with Crippen LogP contribution in [0, 0.1) is 6.92 Å². The highest BCUT2D eigenvalue weighted by atomic mass is 32.1. The molecular weight excluding hydrogens is 329 g/mol. The molecule has 0 aliphatic carbocycles. The Morgan fingerprint density at radius 1 is 1.26 bits per heavy atom. The van der Waals surface area contributed by atoms with E-state index in [9.17, 15) is 23.1 Å². The average molecular weight is 338 g/mol. The summed E-state index contributed by atoms with van der Waals surface area (Å²) in [5, 5.41) is 12.1. The lowest BCUT2D eigenvalue weighted by molar-refractivity contribution is -0.588. The van der Waals surface area contributed by atoms with Crippen LogP contribution in [0.5, 0.6) is 5.88 Å². The Labute approximate surface area is 132 Å². The standard InChI is InChI=1S/C15H9F3N2O2S/c1-8-7-10(9-5-3-2-4-6-9)19-14-20(8)13(22)11(23-14)12(21)15(16,17)18/h2-7H,1H3. The number of benzene rings is 1. The maximum Gasteiger partial charge on any atom is 0.455 e. The van der Waals surface area contributed by atoms with Crippen LogP contribution in [0.4, 0.5) is 13.2 Å².